The van der Waals surface area contributed by atoms with Crippen molar-refractivity contribution < 1.29 is 34.4 Å². The van der Waals surface area contributed by atoms with E-state index in [2.05, 4.69) is 10.3 Å². The number of aromatic hydroxyl groups is 1. The number of aliphatic hydroxyl groups excluding tert-OH is 1. The van der Waals surface area contributed by atoms with Crippen LogP contribution in [0, 0.1) is 0 Å². The van der Waals surface area contributed by atoms with Gasteiger partial charge >= 0.3 is 12.1 Å². The summed E-state index contributed by atoms with van der Waals surface area (Å²) in [4.78, 5) is 40.9. The van der Waals surface area contributed by atoms with Crippen LogP contribution < -0.4 is 10.9 Å². The first kappa shape index (κ1) is 23.2. The zero-order valence-electron chi connectivity index (χ0n) is 17.5. The van der Waals surface area contributed by atoms with Gasteiger partial charge in [0.1, 0.15) is 18.0 Å². The number of carbonyl (C=O) groups is 2. The Hall–Kier alpha value is -3.44. The topological polar surface area (TPSA) is 160 Å². The molecule has 1 fully saturated rings. The normalized spacial score (nSPS) is 20.5. The number of alkyl carbamates (subject to hydrolysis) is 1. The summed E-state index contributed by atoms with van der Waals surface area (Å²) in [6, 6.07) is 9.00. The van der Waals surface area contributed by atoms with Crippen LogP contribution in [0.4, 0.5) is 4.79 Å². The molecule has 2 heterocycles. The van der Waals surface area contributed by atoms with Gasteiger partial charge in [-0.1, -0.05) is 30.3 Å². The van der Waals surface area contributed by atoms with Crippen molar-refractivity contribution in [2.45, 2.75) is 44.6 Å². The van der Waals surface area contributed by atoms with Crippen LogP contribution >= 0.6 is 0 Å². The Balaban J connectivity index is 1.98. The molecule has 0 radical (unpaired) electrons. The lowest BCUT2D eigenvalue weighted by Crippen LogP contribution is -2.56. The molecule has 1 aromatic carbocycles. The van der Waals surface area contributed by atoms with Crippen LogP contribution in [0.1, 0.15) is 41.6 Å². The maximum Gasteiger partial charge on any atom is 0.408 e. The van der Waals surface area contributed by atoms with Gasteiger partial charge in [0.15, 0.2) is 5.69 Å². The molecule has 11 heteroatoms. The smallest absolute Gasteiger partial charge is 0.408 e. The molecule has 11 nitrogen and oxygen atoms in total. The zero-order valence-corrected chi connectivity index (χ0v) is 17.5. The summed E-state index contributed by atoms with van der Waals surface area (Å²) in [5.74, 6) is -2.65. The summed E-state index contributed by atoms with van der Waals surface area (Å²) < 4.78 is 12.0. The van der Waals surface area contributed by atoms with Crippen LogP contribution in [0.2, 0.25) is 0 Å². The summed E-state index contributed by atoms with van der Waals surface area (Å²) >= 11 is 0. The lowest BCUT2D eigenvalue weighted by atomic mass is 9.88. The van der Waals surface area contributed by atoms with Gasteiger partial charge in [0.25, 0.3) is 5.56 Å². The molecule has 1 saturated heterocycles. The van der Waals surface area contributed by atoms with Crippen molar-refractivity contribution in [1.29, 1.82) is 0 Å². The number of carboxylic acid groups (broad SMARTS) is 1. The number of hydrogen-bond donors (Lipinski definition) is 4. The maximum absolute atomic E-state index is 12.7. The lowest BCUT2D eigenvalue weighted by Gasteiger charge is -2.40. The van der Waals surface area contributed by atoms with Crippen molar-refractivity contribution in [1.82, 2.24) is 14.9 Å². The van der Waals surface area contributed by atoms with Crippen LogP contribution in [0.3, 0.4) is 0 Å². The molecule has 32 heavy (non-hydrogen) atoms. The van der Waals surface area contributed by atoms with Gasteiger partial charge in [0.2, 0.25) is 5.75 Å². The minimum Gasteiger partial charge on any atom is -0.501 e. The van der Waals surface area contributed by atoms with Gasteiger partial charge in [-0.05, 0) is 25.3 Å². The molecule has 0 bridgehead atoms. The van der Waals surface area contributed by atoms with E-state index in [1.54, 1.807) is 31.2 Å². The molecule has 0 aliphatic carbocycles. The Kier molecular flexibility index (Phi) is 7.11. The van der Waals surface area contributed by atoms with Gasteiger partial charge in [-0.15, -0.1) is 0 Å². The Morgan fingerprint density at radius 1 is 1.34 bits per heavy atom. The summed E-state index contributed by atoms with van der Waals surface area (Å²) in [6.07, 6.45) is -0.808. The first-order chi connectivity index (χ1) is 15.3. The van der Waals surface area contributed by atoms with E-state index in [4.69, 9.17) is 9.47 Å². The molecule has 0 saturated carbocycles. The van der Waals surface area contributed by atoms with Crippen molar-refractivity contribution in [3.63, 3.8) is 0 Å². The predicted molar refractivity (Wildman–Crippen MR) is 110 cm³/mol. The summed E-state index contributed by atoms with van der Waals surface area (Å²) in [7, 11) is 0. The number of aliphatic hydroxyl groups is 1. The minimum absolute atomic E-state index is 0.00710. The third-order valence-electron chi connectivity index (χ3n) is 5.31. The van der Waals surface area contributed by atoms with E-state index in [1.807, 2.05) is 6.07 Å². The van der Waals surface area contributed by atoms with Crippen LogP contribution in [-0.4, -0.2) is 56.3 Å². The average molecular weight is 447 g/mol. The van der Waals surface area contributed by atoms with Gasteiger partial charge in [0, 0.05) is 6.54 Å². The zero-order chi connectivity index (χ0) is 23.3. The molecule has 0 spiro atoms. The second-order valence-electron chi connectivity index (χ2n) is 7.41. The van der Waals surface area contributed by atoms with E-state index in [-0.39, 0.29) is 38.6 Å². The van der Waals surface area contributed by atoms with Crippen molar-refractivity contribution in [3.05, 3.63) is 57.8 Å². The van der Waals surface area contributed by atoms with Crippen molar-refractivity contribution in [2.75, 3.05) is 13.2 Å². The molecule has 2 aromatic rings. The Bertz CT molecular complexity index is 1030. The number of nitrogens with zero attached hydrogens (tertiary/aromatic N) is 2. The monoisotopic (exact) mass is 447 g/mol. The van der Waals surface area contributed by atoms with E-state index in [1.165, 1.54) is 0 Å². The quantitative estimate of drug-likeness (QED) is 0.485. The van der Waals surface area contributed by atoms with Crippen molar-refractivity contribution in [3.8, 4) is 5.75 Å². The summed E-state index contributed by atoms with van der Waals surface area (Å²) in [5, 5.41) is 31.5. The van der Waals surface area contributed by atoms with E-state index in [0.717, 1.165) is 10.1 Å². The number of amides is 1. The second kappa shape index (κ2) is 9.79. The molecule has 1 amide bonds. The standard InChI is InChI=1S/C21H25N3O8/c1-2-24-17(27)16(26)15(18(28)29)22-19(24)21(9-8-14(10-25)32-12-21)23-20(30)31-11-13-6-4-3-5-7-13/h3-7,14,25-26H,2,8-12H2,1H3,(H,23,30)(H,28,29)/t14-,21+/m1/s1. The highest BCUT2D eigenvalue weighted by Crippen LogP contribution is 2.32. The maximum atomic E-state index is 12.7. The molecule has 172 valence electrons. The molecular weight excluding hydrogens is 422 g/mol. The first-order valence-corrected chi connectivity index (χ1v) is 10.1. The molecule has 3 rings (SSSR count). The average Bonchev–Trinajstić information content (AvgIpc) is 2.80. The molecule has 1 aliphatic rings. The number of carbonyl (C=O) groups excluding carboxylic acids is 1. The highest BCUT2D eigenvalue weighted by Gasteiger charge is 2.44. The molecular formula is C21H25N3O8. The summed E-state index contributed by atoms with van der Waals surface area (Å²) in [5.41, 5.74) is -2.42. The second-order valence-corrected chi connectivity index (χ2v) is 7.41. The lowest BCUT2D eigenvalue weighted by molar-refractivity contribution is -0.0666. The number of nitrogens with one attached hydrogen (secondary N) is 1. The highest BCUT2D eigenvalue weighted by atomic mass is 16.5. The van der Waals surface area contributed by atoms with Crippen molar-refractivity contribution in [2.24, 2.45) is 0 Å². The Morgan fingerprint density at radius 3 is 2.62 bits per heavy atom. The third-order valence-corrected chi connectivity index (χ3v) is 5.31. The molecule has 4 N–H and O–H groups in total. The number of carboxylic acids is 1. The van der Waals surface area contributed by atoms with Gasteiger partial charge in [-0.3, -0.25) is 9.36 Å². The SMILES string of the molecule is CCn1c([C@]2(NC(=O)OCc3ccccc3)CC[C@H](CO)OC2)nc(C(=O)O)c(O)c1=O. The van der Waals surface area contributed by atoms with Gasteiger partial charge in [-0.2, -0.15) is 0 Å². The fraction of sp³-hybridized carbons (Fsp3) is 0.429. The van der Waals surface area contributed by atoms with E-state index in [9.17, 15) is 29.7 Å². The van der Waals surface area contributed by atoms with E-state index in [0.29, 0.717) is 6.42 Å². The number of aromatic carboxylic acids is 1. The van der Waals surface area contributed by atoms with Crippen molar-refractivity contribution >= 4 is 12.1 Å². The van der Waals surface area contributed by atoms with Crippen LogP contribution in [0.5, 0.6) is 5.75 Å². The van der Waals surface area contributed by atoms with Crippen LogP contribution in [0.15, 0.2) is 35.1 Å². The molecule has 1 aromatic heterocycles. The van der Waals surface area contributed by atoms with Gasteiger partial charge in [0.05, 0.1) is 19.3 Å². The summed E-state index contributed by atoms with van der Waals surface area (Å²) in [6.45, 7) is 1.24. The third kappa shape index (κ3) is 4.73. The predicted octanol–water partition coefficient (Wildman–Crippen LogP) is 0.960. The Labute approximate surface area is 183 Å². The largest absolute Gasteiger partial charge is 0.501 e. The number of rotatable bonds is 7. The van der Waals surface area contributed by atoms with Gasteiger partial charge < -0.3 is 30.1 Å². The number of hydrogen-bond acceptors (Lipinski definition) is 8. The van der Waals surface area contributed by atoms with E-state index < -0.39 is 40.7 Å². The number of benzene rings is 1. The van der Waals surface area contributed by atoms with Crippen LogP contribution in [-0.2, 0) is 28.2 Å². The fourth-order valence-corrected chi connectivity index (χ4v) is 3.60. The molecule has 0 unspecified atom stereocenters. The minimum atomic E-state index is -1.59. The fourth-order valence-electron chi connectivity index (χ4n) is 3.60. The highest BCUT2D eigenvalue weighted by molar-refractivity contribution is 5.88. The van der Waals surface area contributed by atoms with Gasteiger partial charge in [-0.25, -0.2) is 14.6 Å². The van der Waals surface area contributed by atoms with E-state index >= 15 is 0 Å². The molecule has 2 atom stereocenters. The Morgan fingerprint density at radius 2 is 2.06 bits per heavy atom. The first-order valence-electron chi connectivity index (χ1n) is 10.1. The number of aromatic nitrogens is 2. The number of ether oxygens (including phenoxy) is 2. The molecule has 1 aliphatic heterocycles. The van der Waals surface area contributed by atoms with Crippen LogP contribution in [0.25, 0.3) is 0 Å².